The predicted octanol–water partition coefficient (Wildman–Crippen LogP) is 15.7. The fourth-order valence-electron chi connectivity index (χ4n) is 10.1. The molecule has 0 aliphatic carbocycles. The van der Waals surface area contributed by atoms with Gasteiger partial charge in [0.05, 0.1) is 16.6 Å². The van der Waals surface area contributed by atoms with Crippen LogP contribution < -0.4 is 4.74 Å². The van der Waals surface area contributed by atoms with Crippen molar-refractivity contribution in [1.82, 2.24) is 23.1 Å². The van der Waals surface area contributed by atoms with Gasteiger partial charge in [0.1, 0.15) is 0 Å². The average Bonchev–Trinajstić information content (AvgIpc) is 4.03. The summed E-state index contributed by atoms with van der Waals surface area (Å²) in [5.41, 5.74) is 12.3. The van der Waals surface area contributed by atoms with Crippen LogP contribution in [0.15, 0.2) is 140 Å². The van der Waals surface area contributed by atoms with E-state index in [9.17, 15) is 0 Å². The van der Waals surface area contributed by atoms with E-state index in [1.165, 1.54) is 38.2 Å². The molecule has 7 aromatic carbocycles. The van der Waals surface area contributed by atoms with Gasteiger partial charge in [-0.25, -0.2) is 0 Å². The van der Waals surface area contributed by atoms with Gasteiger partial charge in [-0.1, -0.05) is 57.2 Å². The van der Waals surface area contributed by atoms with Crippen LogP contribution in [-0.2, 0) is 35.6 Å². The number of imidazole rings is 1. The quantitative estimate of drug-likeness (QED) is 0.161. The molecule has 0 saturated heterocycles. The van der Waals surface area contributed by atoms with Crippen molar-refractivity contribution in [2.24, 2.45) is 0 Å². The number of ether oxygens (including phenoxy) is 1. The van der Waals surface area contributed by atoms with E-state index in [0.29, 0.717) is 11.4 Å². The number of aryl methyl sites for hydroxylation is 1. The van der Waals surface area contributed by atoms with Crippen molar-refractivity contribution in [2.75, 3.05) is 0 Å². The van der Waals surface area contributed by atoms with E-state index in [1.54, 1.807) is 6.07 Å². The van der Waals surface area contributed by atoms with Crippen molar-refractivity contribution < 1.29 is 28.2 Å². The minimum atomic E-state index is -2.49. The van der Waals surface area contributed by atoms with E-state index in [0.717, 1.165) is 64.7 Å². The van der Waals surface area contributed by atoms with Gasteiger partial charge >= 0.3 is 285 Å². The number of hydrogen-bond acceptors (Lipinski definition) is 2. The Morgan fingerprint density at radius 3 is 1.88 bits per heavy atom. The standard InChI is InChI=1S/C61H53N5O.Pt/c1-37-22-23-41(63-36-64(52-21-14-13-20-51(52)63)42-29-39(60(5,6)7)28-40(30-42)61(8,9)10)32-56(37)67-43-24-25-45-48-34-49-47-18-15-17-46-44-16-11-12-19-50(44)66(58(46)47)55(49)35-54(48)65(53(45)33-43)57-31-38(26-27-62-57)59(2,3)4;/h11-31,34-35H,1-10H3;/q-2;/i1D3;. The summed E-state index contributed by atoms with van der Waals surface area (Å²) in [4.78, 5) is 5.01. The van der Waals surface area contributed by atoms with Crippen molar-refractivity contribution in [3.63, 3.8) is 0 Å². The summed E-state index contributed by atoms with van der Waals surface area (Å²) >= 11 is 2.39. The minimum absolute atomic E-state index is 0.0578. The fraction of sp³-hybridized carbons (Fsp3) is 0.213. The summed E-state index contributed by atoms with van der Waals surface area (Å²) in [5, 5.41) is 6.85. The molecule has 0 spiro atoms. The SMILES string of the molecule is [2H]C([2H])([2H])c1ccc(-n2[c](=[Pt])n(-c3cc(C(C)(C)C)cc(C(C)(C)C)c3)c3ccccc32)[c-]c1Oc1[c-]c2c(cc1)c1cc3c4cccc5c6ccccc6n(c3cc1n2-c1cc(C(C)(C)C)ccn1)c54. The van der Waals surface area contributed by atoms with E-state index in [4.69, 9.17) is 13.8 Å². The summed E-state index contributed by atoms with van der Waals surface area (Å²) in [7, 11) is 0. The molecule has 12 aromatic rings. The first-order valence-corrected chi connectivity index (χ1v) is 24.4. The van der Waals surface area contributed by atoms with Crippen LogP contribution in [0.2, 0.25) is 0 Å². The summed E-state index contributed by atoms with van der Waals surface area (Å²) in [6, 6.07) is 53.8. The van der Waals surface area contributed by atoms with Gasteiger partial charge in [0, 0.05) is 27.7 Å². The van der Waals surface area contributed by atoms with Crippen LogP contribution in [0.4, 0.5) is 0 Å². The molecular weight excluding hydrogens is 1010 g/mol. The zero-order chi connectivity index (χ0) is 49.7. The van der Waals surface area contributed by atoms with Gasteiger partial charge in [-0.15, -0.1) is 0 Å². The van der Waals surface area contributed by atoms with Crippen molar-refractivity contribution in [3.8, 4) is 28.7 Å². The Balaban J connectivity index is 1.06. The van der Waals surface area contributed by atoms with Crippen molar-refractivity contribution in [1.29, 1.82) is 0 Å². The molecule has 12 rings (SSSR count). The molecular formula is C61H53N5OPt-2. The molecule has 7 heteroatoms. The first kappa shape index (κ1) is 39.3. The van der Waals surface area contributed by atoms with Crippen molar-refractivity contribution >= 4 is 70.9 Å². The Morgan fingerprint density at radius 2 is 1.18 bits per heavy atom. The zero-order valence-corrected chi connectivity index (χ0v) is 42.0. The third-order valence-electron chi connectivity index (χ3n) is 13.8. The molecule has 5 heterocycles. The second kappa shape index (κ2) is 14.9. The Morgan fingerprint density at radius 1 is 0.529 bits per heavy atom. The number of aromatic nitrogens is 5. The second-order valence-corrected chi connectivity index (χ2v) is 22.4. The summed E-state index contributed by atoms with van der Waals surface area (Å²) < 4.78 is 42.8. The van der Waals surface area contributed by atoms with Gasteiger partial charge in [0.15, 0.2) is 0 Å². The van der Waals surface area contributed by atoms with E-state index in [2.05, 4.69) is 221 Å². The second-order valence-electron chi connectivity index (χ2n) is 21.4. The van der Waals surface area contributed by atoms with Crippen LogP contribution in [0.3, 0.4) is 0 Å². The average molecular weight is 1070 g/mol. The Kier molecular flexibility index (Phi) is 8.59. The fourth-order valence-corrected chi connectivity index (χ4v) is 11.2. The van der Waals surface area contributed by atoms with Gasteiger partial charge in [-0.05, 0) is 23.1 Å². The number of hydrogen-bond donors (Lipinski definition) is 0. The van der Waals surface area contributed by atoms with E-state index >= 15 is 0 Å². The Bertz CT molecular complexity index is 4190. The maximum atomic E-state index is 8.70. The molecule has 0 unspecified atom stereocenters. The van der Waals surface area contributed by atoms with Crippen LogP contribution >= 0.6 is 0 Å². The summed E-state index contributed by atoms with van der Waals surface area (Å²) in [6.45, 7) is 17.6. The summed E-state index contributed by atoms with van der Waals surface area (Å²) in [6.07, 6.45) is 1.88. The molecule has 6 nitrogen and oxygen atoms in total. The Labute approximate surface area is 412 Å². The van der Waals surface area contributed by atoms with Crippen LogP contribution in [-0.4, -0.2) is 23.1 Å². The predicted molar refractivity (Wildman–Crippen MR) is 278 cm³/mol. The summed E-state index contributed by atoms with van der Waals surface area (Å²) in [5.74, 6) is 1.22. The monoisotopic (exact) mass is 1070 g/mol. The number of fused-ring (bicyclic) bond motifs is 10. The van der Waals surface area contributed by atoms with Gasteiger partial charge in [-0.3, -0.25) is 0 Å². The van der Waals surface area contributed by atoms with Gasteiger partial charge in [0.2, 0.25) is 0 Å². The number of pyridine rings is 1. The van der Waals surface area contributed by atoms with Crippen LogP contribution in [0.25, 0.3) is 88.1 Å². The first-order chi connectivity index (χ1) is 33.6. The third kappa shape index (κ3) is 6.55. The van der Waals surface area contributed by atoms with E-state index in [1.807, 2.05) is 24.4 Å². The third-order valence-corrected chi connectivity index (χ3v) is 14.8. The smallest absolute Gasteiger partial charge is 0.0561 e. The number of para-hydroxylation sites is 4. The molecule has 0 fully saturated rings. The van der Waals surface area contributed by atoms with Crippen molar-refractivity contribution in [3.05, 3.63) is 178 Å². The minimum Gasteiger partial charge on any atom is -0.0561 e. The molecule has 5 aromatic heterocycles. The zero-order valence-electron chi connectivity index (χ0n) is 42.7. The van der Waals surface area contributed by atoms with Crippen LogP contribution in [0.1, 0.15) is 88.7 Å². The molecule has 0 radical (unpaired) electrons. The number of benzene rings is 7. The molecule has 0 N–H and O–H groups in total. The maximum absolute atomic E-state index is 8.70. The first-order valence-electron chi connectivity index (χ1n) is 24.8. The van der Waals surface area contributed by atoms with Crippen molar-refractivity contribution in [2.45, 2.75) is 85.4 Å². The Hall–Kier alpha value is -6.75. The molecule has 0 amide bonds. The topological polar surface area (TPSA) is 41.3 Å². The van der Waals surface area contributed by atoms with Gasteiger partial charge in [-0.2, -0.15) is 0 Å². The molecule has 68 heavy (non-hydrogen) atoms. The molecule has 0 aliphatic rings. The van der Waals surface area contributed by atoms with Crippen LogP contribution in [0.5, 0.6) is 11.5 Å². The van der Waals surface area contributed by atoms with E-state index < -0.39 is 6.85 Å². The number of rotatable bonds is 5. The molecule has 0 bridgehead atoms. The normalized spacial score (nSPS) is 13.8. The van der Waals surface area contributed by atoms with Gasteiger partial charge in [0.25, 0.3) is 0 Å². The molecule has 0 aliphatic heterocycles. The molecule has 340 valence electrons. The molecule has 0 atom stereocenters. The molecule has 0 saturated carbocycles. The van der Waals surface area contributed by atoms with Gasteiger partial charge < -0.3 is 4.40 Å². The van der Waals surface area contributed by atoms with Crippen LogP contribution in [0, 0.1) is 22.8 Å². The van der Waals surface area contributed by atoms with E-state index in [-0.39, 0.29) is 27.6 Å². The number of nitrogens with zero attached hydrogens (tertiary/aromatic N) is 5.